The Hall–Kier alpha value is -1.53. The van der Waals surface area contributed by atoms with Crippen LogP contribution in [-0.4, -0.2) is 19.1 Å². The number of nitriles is 1. The number of hydrogen-bond donors (Lipinski definition) is 2. The topological polar surface area (TPSA) is 47.9 Å². The van der Waals surface area contributed by atoms with Crippen molar-refractivity contribution in [1.29, 1.82) is 5.26 Å². The van der Waals surface area contributed by atoms with E-state index in [1.807, 2.05) is 25.1 Å². The Morgan fingerprint density at radius 2 is 2.06 bits per heavy atom. The molecule has 1 rings (SSSR count). The van der Waals surface area contributed by atoms with Gasteiger partial charge in [0.2, 0.25) is 0 Å². The van der Waals surface area contributed by atoms with Gasteiger partial charge in [-0.05, 0) is 18.6 Å². The van der Waals surface area contributed by atoms with Gasteiger partial charge in [0.25, 0.3) is 0 Å². The molecule has 0 spiro atoms. The average Bonchev–Trinajstić information content (AvgIpc) is 2.25. The molecule has 0 radical (unpaired) electrons. The van der Waals surface area contributed by atoms with Crippen LogP contribution in [0.5, 0.6) is 0 Å². The molecule has 0 unspecified atom stereocenters. The summed E-state index contributed by atoms with van der Waals surface area (Å²) >= 11 is 0. The van der Waals surface area contributed by atoms with Gasteiger partial charge in [0.05, 0.1) is 11.3 Å². The van der Waals surface area contributed by atoms with Gasteiger partial charge in [-0.15, -0.1) is 0 Å². The van der Waals surface area contributed by atoms with Crippen molar-refractivity contribution < 1.29 is 0 Å². The maximum atomic E-state index is 8.98. The summed E-state index contributed by atoms with van der Waals surface area (Å²) in [5, 5.41) is 15.6. The summed E-state index contributed by atoms with van der Waals surface area (Å²) in [6.45, 7) is 7.98. The fraction of sp³-hybridized carbons (Fsp3) is 0.462. The van der Waals surface area contributed by atoms with Crippen LogP contribution in [0.1, 0.15) is 25.0 Å². The first-order valence-corrected chi connectivity index (χ1v) is 5.62. The quantitative estimate of drug-likeness (QED) is 0.744. The second-order valence-corrected chi connectivity index (χ2v) is 4.14. The van der Waals surface area contributed by atoms with E-state index >= 15 is 0 Å². The molecule has 0 aromatic heterocycles. The summed E-state index contributed by atoms with van der Waals surface area (Å²) in [4.78, 5) is 0. The van der Waals surface area contributed by atoms with E-state index in [2.05, 4.69) is 30.6 Å². The number of hydrogen-bond acceptors (Lipinski definition) is 3. The van der Waals surface area contributed by atoms with E-state index in [1.165, 1.54) is 0 Å². The summed E-state index contributed by atoms with van der Waals surface area (Å²) < 4.78 is 0. The van der Waals surface area contributed by atoms with Gasteiger partial charge in [0.1, 0.15) is 6.07 Å². The maximum absolute atomic E-state index is 8.98. The van der Waals surface area contributed by atoms with Crippen molar-refractivity contribution in [2.24, 2.45) is 0 Å². The third-order valence-corrected chi connectivity index (χ3v) is 2.37. The zero-order valence-corrected chi connectivity index (χ0v) is 10.2. The van der Waals surface area contributed by atoms with Crippen LogP contribution in [-0.2, 0) is 0 Å². The maximum Gasteiger partial charge on any atom is 0.101 e. The standard InChI is InChI=1S/C13H19N3/c1-10(2)15-7-8-16-13-11(3)5-4-6-12(13)9-14/h4-6,10,15-16H,7-8H2,1-3H3. The number of nitrogens with one attached hydrogen (secondary N) is 2. The highest BCUT2D eigenvalue weighted by atomic mass is 15.0. The molecular weight excluding hydrogens is 198 g/mol. The Morgan fingerprint density at radius 1 is 1.31 bits per heavy atom. The van der Waals surface area contributed by atoms with Crippen LogP contribution in [0.4, 0.5) is 5.69 Å². The molecule has 0 aliphatic heterocycles. The SMILES string of the molecule is Cc1cccc(C#N)c1NCCNC(C)C. The third-order valence-electron chi connectivity index (χ3n) is 2.37. The van der Waals surface area contributed by atoms with Gasteiger partial charge in [-0.2, -0.15) is 5.26 Å². The van der Waals surface area contributed by atoms with E-state index in [0.29, 0.717) is 11.6 Å². The zero-order chi connectivity index (χ0) is 12.0. The van der Waals surface area contributed by atoms with E-state index in [9.17, 15) is 0 Å². The second kappa shape index (κ2) is 6.14. The van der Waals surface area contributed by atoms with Crippen molar-refractivity contribution in [3.8, 4) is 6.07 Å². The minimum Gasteiger partial charge on any atom is -0.382 e. The Bertz CT molecular complexity index is 377. The van der Waals surface area contributed by atoms with Crippen LogP contribution in [0.2, 0.25) is 0 Å². The highest BCUT2D eigenvalue weighted by molar-refractivity contribution is 5.62. The Kier molecular flexibility index (Phi) is 4.81. The number of benzene rings is 1. The van der Waals surface area contributed by atoms with Gasteiger partial charge in [-0.3, -0.25) is 0 Å². The van der Waals surface area contributed by atoms with Gasteiger partial charge in [0, 0.05) is 19.1 Å². The van der Waals surface area contributed by atoms with Crippen molar-refractivity contribution in [3.05, 3.63) is 29.3 Å². The molecular formula is C13H19N3. The molecule has 0 atom stereocenters. The van der Waals surface area contributed by atoms with Gasteiger partial charge in [-0.25, -0.2) is 0 Å². The first-order chi connectivity index (χ1) is 7.65. The van der Waals surface area contributed by atoms with E-state index < -0.39 is 0 Å². The third kappa shape index (κ3) is 3.56. The predicted octanol–water partition coefficient (Wildman–Crippen LogP) is 2.28. The van der Waals surface area contributed by atoms with Crippen LogP contribution < -0.4 is 10.6 Å². The first-order valence-electron chi connectivity index (χ1n) is 5.62. The normalized spacial score (nSPS) is 10.2. The Morgan fingerprint density at radius 3 is 2.69 bits per heavy atom. The van der Waals surface area contributed by atoms with Crippen molar-refractivity contribution in [1.82, 2.24) is 5.32 Å². The molecule has 0 aliphatic carbocycles. The van der Waals surface area contributed by atoms with Crippen LogP contribution in [0.15, 0.2) is 18.2 Å². The predicted molar refractivity (Wildman–Crippen MR) is 67.5 cm³/mol. The van der Waals surface area contributed by atoms with E-state index in [4.69, 9.17) is 5.26 Å². The number of rotatable bonds is 5. The summed E-state index contributed by atoms with van der Waals surface area (Å²) in [5.41, 5.74) is 2.78. The lowest BCUT2D eigenvalue weighted by Gasteiger charge is -2.12. The number of nitrogens with zero attached hydrogens (tertiary/aromatic N) is 1. The molecule has 3 heteroatoms. The molecule has 0 bridgehead atoms. The lowest BCUT2D eigenvalue weighted by atomic mass is 10.1. The molecule has 0 saturated carbocycles. The first kappa shape index (κ1) is 12.5. The molecule has 0 amide bonds. The molecule has 0 heterocycles. The second-order valence-electron chi connectivity index (χ2n) is 4.14. The van der Waals surface area contributed by atoms with Crippen molar-refractivity contribution >= 4 is 5.69 Å². The van der Waals surface area contributed by atoms with Crippen molar-refractivity contribution in [2.75, 3.05) is 18.4 Å². The van der Waals surface area contributed by atoms with Gasteiger partial charge in [0.15, 0.2) is 0 Å². The Balaban J connectivity index is 2.57. The van der Waals surface area contributed by atoms with Crippen LogP contribution in [0, 0.1) is 18.3 Å². The molecule has 0 fully saturated rings. The van der Waals surface area contributed by atoms with Crippen LogP contribution in [0.3, 0.4) is 0 Å². The van der Waals surface area contributed by atoms with E-state index in [1.54, 1.807) is 0 Å². The molecule has 0 aliphatic rings. The highest BCUT2D eigenvalue weighted by Crippen LogP contribution is 2.18. The summed E-state index contributed by atoms with van der Waals surface area (Å²) in [6, 6.07) is 8.46. The van der Waals surface area contributed by atoms with Crippen molar-refractivity contribution in [2.45, 2.75) is 26.8 Å². The molecule has 0 saturated heterocycles. The average molecular weight is 217 g/mol. The minimum absolute atomic E-state index is 0.495. The lowest BCUT2D eigenvalue weighted by molar-refractivity contribution is 0.602. The fourth-order valence-electron chi connectivity index (χ4n) is 1.54. The van der Waals surface area contributed by atoms with Gasteiger partial charge < -0.3 is 10.6 Å². The molecule has 3 nitrogen and oxygen atoms in total. The Labute approximate surface area is 97.5 Å². The van der Waals surface area contributed by atoms with Gasteiger partial charge >= 0.3 is 0 Å². The molecule has 1 aromatic rings. The summed E-state index contributed by atoms with van der Waals surface area (Å²) in [5.74, 6) is 0. The van der Waals surface area contributed by atoms with E-state index in [0.717, 1.165) is 24.3 Å². The van der Waals surface area contributed by atoms with Crippen LogP contribution >= 0.6 is 0 Å². The monoisotopic (exact) mass is 217 g/mol. The van der Waals surface area contributed by atoms with Crippen molar-refractivity contribution in [3.63, 3.8) is 0 Å². The number of para-hydroxylation sites is 1. The smallest absolute Gasteiger partial charge is 0.101 e. The van der Waals surface area contributed by atoms with E-state index in [-0.39, 0.29) is 0 Å². The molecule has 2 N–H and O–H groups in total. The molecule has 16 heavy (non-hydrogen) atoms. The molecule has 1 aromatic carbocycles. The zero-order valence-electron chi connectivity index (χ0n) is 10.2. The minimum atomic E-state index is 0.495. The lowest BCUT2D eigenvalue weighted by Crippen LogP contribution is -2.28. The largest absolute Gasteiger partial charge is 0.382 e. The number of anilines is 1. The fourth-order valence-corrected chi connectivity index (χ4v) is 1.54. The summed E-state index contributed by atoms with van der Waals surface area (Å²) in [6.07, 6.45) is 0. The van der Waals surface area contributed by atoms with Crippen LogP contribution in [0.25, 0.3) is 0 Å². The van der Waals surface area contributed by atoms with Gasteiger partial charge in [-0.1, -0.05) is 26.0 Å². The number of aryl methyl sites for hydroxylation is 1. The summed E-state index contributed by atoms with van der Waals surface area (Å²) in [7, 11) is 0. The molecule has 86 valence electrons. The highest BCUT2D eigenvalue weighted by Gasteiger charge is 2.03.